The summed E-state index contributed by atoms with van der Waals surface area (Å²) in [4.78, 5) is 8.31. The fraction of sp³-hybridized carbons (Fsp3) is 0.286. The first-order chi connectivity index (χ1) is 9.61. The third kappa shape index (κ3) is 3.61. The summed E-state index contributed by atoms with van der Waals surface area (Å²) in [5, 5.41) is 3.75. The fourth-order valence-corrected chi connectivity index (χ4v) is 2.17. The molecular weight excluding hydrogens is 342 g/mol. The minimum absolute atomic E-state index is 0.436. The molecule has 2 aromatic rings. The first-order valence-electron chi connectivity index (χ1n) is 6.30. The van der Waals surface area contributed by atoms with Crippen LogP contribution >= 0.6 is 27.5 Å². The Kier molecular flexibility index (Phi) is 5.20. The van der Waals surface area contributed by atoms with E-state index >= 15 is 0 Å². The Morgan fingerprint density at radius 3 is 2.90 bits per heavy atom. The van der Waals surface area contributed by atoms with Crippen LogP contribution in [0.15, 0.2) is 29.0 Å². The molecule has 1 aromatic heterocycles. The number of nitrogens with one attached hydrogen (secondary N) is 1. The quantitative estimate of drug-likeness (QED) is 0.834. The van der Waals surface area contributed by atoms with Crippen LogP contribution in [0.5, 0.6) is 11.6 Å². The second-order valence-electron chi connectivity index (χ2n) is 4.30. The topological polar surface area (TPSA) is 47.0 Å². The zero-order valence-electron chi connectivity index (χ0n) is 11.3. The summed E-state index contributed by atoms with van der Waals surface area (Å²) in [6.45, 7) is 4.90. The predicted octanol–water partition coefficient (Wildman–Crippen LogP) is 4.82. The molecule has 0 fully saturated rings. The van der Waals surface area contributed by atoms with Crippen molar-refractivity contribution in [2.75, 3.05) is 11.9 Å². The molecule has 0 aliphatic heterocycles. The lowest BCUT2D eigenvalue weighted by Crippen LogP contribution is -2.04. The monoisotopic (exact) mass is 355 g/mol. The first-order valence-corrected chi connectivity index (χ1v) is 7.47. The summed E-state index contributed by atoms with van der Waals surface area (Å²) in [6, 6.07) is 5.60. The molecule has 0 unspecified atom stereocenters. The van der Waals surface area contributed by atoms with Gasteiger partial charge in [0.1, 0.15) is 22.4 Å². The second kappa shape index (κ2) is 6.90. The number of aromatic nitrogens is 2. The van der Waals surface area contributed by atoms with Gasteiger partial charge in [-0.25, -0.2) is 9.97 Å². The number of rotatable bonds is 5. The van der Waals surface area contributed by atoms with Gasteiger partial charge in [0.2, 0.25) is 5.88 Å². The molecule has 106 valence electrons. The highest BCUT2D eigenvalue weighted by atomic mass is 79.9. The predicted molar refractivity (Wildman–Crippen MR) is 84.8 cm³/mol. The number of halogens is 2. The van der Waals surface area contributed by atoms with Gasteiger partial charge in [-0.3, -0.25) is 0 Å². The molecule has 6 heteroatoms. The van der Waals surface area contributed by atoms with Crippen LogP contribution in [0.3, 0.4) is 0 Å². The third-order valence-electron chi connectivity index (χ3n) is 2.59. The van der Waals surface area contributed by atoms with Crippen molar-refractivity contribution in [2.45, 2.75) is 20.3 Å². The minimum atomic E-state index is 0.436. The smallest absolute Gasteiger partial charge is 0.238 e. The first kappa shape index (κ1) is 15.1. The maximum atomic E-state index is 6.12. The van der Waals surface area contributed by atoms with Gasteiger partial charge in [-0.1, -0.05) is 24.6 Å². The van der Waals surface area contributed by atoms with E-state index in [1.165, 1.54) is 6.33 Å². The summed E-state index contributed by atoms with van der Waals surface area (Å²) >= 11 is 9.58. The van der Waals surface area contributed by atoms with Gasteiger partial charge < -0.3 is 10.1 Å². The standard InChI is InChI=1S/C14H15BrClN3O/c1-3-6-17-13-12(15)14(19-8-18-13)20-11-7-9(2)4-5-10(11)16/h4-5,7-8H,3,6H2,1-2H3,(H,17,18,19). The number of ether oxygens (including phenoxy) is 1. The van der Waals surface area contributed by atoms with Gasteiger partial charge in [0, 0.05) is 6.54 Å². The molecule has 0 bridgehead atoms. The number of anilines is 1. The molecule has 1 N–H and O–H groups in total. The van der Waals surface area contributed by atoms with Gasteiger partial charge in [0.05, 0.1) is 5.02 Å². The van der Waals surface area contributed by atoms with E-state index in [1.807, 2.05) is 19.1 Å². The van der Waals surface area contributed by atoms with Gasteiger partial charge >= 0.3 is 0 Å². The van der Waals surface area contributed by atoms with E-state index in [2.05, 4.69) is 38.1 Å². The van der Waals surface area contributed by atoms with Crippen molar-refractivity contribution in [2.24, 2.45) is 0 Å². The van der Waals surface area contributed by atoms with Crippen molar-refractivity contribution in [3.8, 4) is 11.6 Å². The molecule has 0 spiro atoms. The number of aryl methyl sites for hydroxylation is 1. The van der Waals surface area contributed by atoms with E-state index in [0.29, 0.717) is 26.9 Å². The summed E-state index contributed by atoms with van der Waals surface area (Å²) in [7, 11) is 0. The highest BCUT2D eigenvalue weighted by Gasteiger charge is 2.12. The third-order valence-corrected chi connectivity index (χ3v) is 3.62. The highest BCUT2D eigenvalue weighted by Crippen LogP contribution is 2.35. The van der Waals surface area contributed by atoms with Crippen LogP contribution in [-0.4, -0.2) is 16.5 Å². The van der Waals surface area contributed by atoms with Gasteiger partial charge in [-0.15, -0.1) is 0 Å². The van der Waals surface area contributed by atoms with Crippen molar-refractivity contribution in [3.63, 3.8) is 0 Å². The molecule has 0 amide bonds. The van der Waals surface area contributed by atoms with Gasteiger partial charge in [0.15, 0.2) is 0 Å². The van der Waals surface area contributed by atoms with E-state index in [4.69, 9.17) is 16.3 Å². The van der Waals surface area contributed by atoms with Crippen molar-refractivity contribution in [3.05, 3.63) is 39.6 Å². The number of hydrogen-bond donors (Lipinski definition) is 1. The molecule has 0 radical (unpaired) electrons. The average molecular weight is 357 g/mol. The van der Waals surface area contributed by atoms with Crippen LogP contribution in [-0.2, 0) is 0 Å². The molecule has 0 aliphatic rings. The van der Waals surface area contributed by atoms with Gasteiger partial charge in [-0.05, 0) is 47.0 Å². The Balaban J connectivity index is 2.27. The molecule has 0 atom stereocenters. The maximum Gasteiger partial charge on any atom is 0.238 e. The molecule has 20 heavy (non-hydrogen) atoms. The SMILES string of the molecule is CCCNc1ncnc(Oc2cc(C)ccc2Cl)c1Br. The fourth-order valence-electron chi connectivity index (χ4n) is 1.58. The van der Waals surface area contributed by atoms with E-state index in [-0.39, 0.29) is 0 Å². The molecule has 0 saturated carbocycles. The van der Waals surface area contributed by atoms with Crippen LogP contribution in [0.25, 0.3) is 0 Å². The maximum absolute atomic E-state index is 6.12. The second-order valence-corrected chi connectivity index (χ2v) is 5.50. The largest absolute Gasteiger partial charge is 0.436 e. The Bertz CT molecular complexity index is 607. The van der Waals surface area contributed by atoms with Crippen LogP contribution in [0, 0.1) is 6.92 Å². The zero-order chi connectivity index (χ0) is 14.5. The van der Waals surface area contributed by atoms with Crippen molar-refractivity contribution in [1.29, 1.82) is 0 Å². The number of nitrogens with zero attached hydrogens (tertiary/aromatic N) is 2. The molecule has 4 nitrogen and oxygen atoms in total. The Morgan fingerprint density at radius 1 is 1.35 bits per heavy atom. The summed E-state index contributed by atoms with van der Waals surface area (Å²) in [6.07, 6.45) is 2.47. The summed E-state index contributed by atoms with van der Waals surface area (Å²) < 4.78 is 6.46. The van der Waals surface area contributed by atoms with Crippen LogP contribution in [0.1, 0.15) is 18.9 Å². The van der Waals surface area contributed by atoms with Gasteiger partial charge in [-0.2, -0.15) is 0 Å². The Morgan fingerprint density at radius 2 is 2.15 bits per heavy atom. The van der Waals surface area contributed by atoms with Crippen molar-refractivity contribution < 1.29 is 4.74 Å². The van der Waals surface area contributed by atoms with E-state index in [0.717, 1.165) is 18.5 Å². The van der Waals surface area contributed by atoms with Crippen molar-refractivity contribution in [1.82, 2.24) is 9.97 Å². The zero-order valence-corrected chi connectivity index (χ0v) is 13.6. The van der Waals surface area contributed by atoms with Crippen molar-refractivity contribution >= 4 is 33.3 Å². The van der Waals surface area contributed by atoms with Gasteiger partial charge in [0.25, 0.3) is 0 Å². The lowest BCUT2D eigenvalue weighted by Gasteiger charge is -2.11. The summed E-state index contributed by atoms with van der Waals surface area (Å²) in [5.41, 5.74) is 1.07. The summed E-state index contributed by atoms with van der Waals surface area (Å²) in [5.74, 6) is 1.72. The average Bonchev–Trinajstić information content (AvgIpc) is 2.44. The molecule has 1 aromatic carbocycles. The van der Waals surface area contributed by atoms with E-state index in [1.54, 1.807) is 6.07 Å². The molecule has 0 aliphatic carbocycles. The number of benzene rings is 1. The molecule has 0 saturated heterocycles. The lowest BCUT2D eigenvalue weighted by atomic mass is 10.2. The van der Waals surface area contributed by atoms with E-state index < -0.39 is 0 Å². The molecular formula is C14H15BrClN3O. The minimum Gasteiger partial charge on any atom is -0.436 e. The normalized spacial score (nSPS) is 10.4. The number of hydrogen-bond acceptors (Lipinski definition) is 4. The van der Waals surface area contributed by atoms with Crippen LogP contribution < -0.4 is 10.1 Å². The lowest BCUT2D eigenvalue weighted by molar-refractivity contribution is 0.458. The molecule has 2 rings (SSSR count). The molecule has 1 heterocycles. The Labute approximate surface area is 131 Å². The Hall–Kier alpha value is -1.33. The van der Waals surface area contributed by atoms with E-state index in [9.17, 15) is 0 Å². The van der Waals surface area contributed by atoms with Crippen LogP contribution in [0.4, 0.5) is 5.82 Å². The highest BCUT2D eigenvalue weighted by molar-refractivity contribution is 9.10. The van der Waals surface area contributed by atoms with Crippen LogP contribution in [0.2, 0.25) is 5.02 Å².